The van der Waals surface area contributed by atoms with Gasteiger partial charge in [-0.15, -0.1) is 0 Å². The van der Waals surface area contributed by atoms with Crippen molar-refractivity contribution in [3.8, 4) is 34.3 Å². The topological polar surface area (TPSA) is 179 Å². The fourth-order valence-corrected chi connectivity index (χ4v) is 3.59. The molecule has 2 heterocycles. The summed E-state index contributed by atoms with van der Waals surface area (Å²) in [5.41, 5.74) is -0.641. The largest absolute Gasteiger partial charge is 0.508 e. The molecule has 1 saturated heterocycles. The second-order valence-electron chi connectivity index (χ2n) is 7.47. The highest BCUT2D eigenvalue weighted by Gasteiger charge is 2.45. The van der Waals surface area contributed by atoms with E-state index in [0.717, 1.165) is 12.1 Å². The van der Waals surface area contributed by atoms with Crippen molar-refractivity contribution in [3.63, 3.8) is 0 Å². The smallest absolute Gasteiger partial charge is 0.239 e. The molecule has 1 aromatic heterocycles. The van der Waals surface area contributed by atoms with E-state index >= 15 is 0 Å². The maximum absolute atomic E-state index is 13.3. The zero-order valence-corrected chi connectivity index (χ0v) is 17.3. The molecule has 0 saturated carbocycles. The van der Waals surface area contributed by atoms with Gasteiger partial charge in [0.25, 0.3) is 0 Å². The van der Waals surface area contributed by atoms with Crippen molar-refractivity contribution in [3.05, 3.63) is 46.6 Å². The first kappa shape index (κ1) is 22.8. The number of aliphatic hydroxyl groups is 4. The summed E-state index contributed by atoms with van der Waals surface area (Å²) in [6.07, 6.45) is -8.07. The molecule has 0 spiro atoms. The van der Waals surface area contributed by atoms with Crippen LogP contribution >= 0.6 is 0 Å². The van der Waals surface area contributed by atoms with Crippen molar-refractivity contribution in [2.45, 2.75) is 30.7 Å². The number of aromatic hydroxyl groups is 2. The molecule has 0 bridgehead atoms. The van der Waals surface area contributed by atoms with Crippen LogP contribution < -0.4 is 14.9 Å². The molecule has 0 amide bonds. The second kappa shape index (κ2) is 8.89. The summed E-state index contributed by atoms with van der Waals surface area (Å²) >= 11 is 0. The standard InChI is InChI=1S/C22H22O11/c1-30-11-4-2-9(3-5-11)20-21(17(27)15-12(25)6-10(24)7-13(15)31-20)33-22-19(29)18(28)16(26)14(8-23)32-22/h2-7,14,16,18-19,22-26,28-29H,8H2,1H3/t14-,16-,18+,19-,22?/m1/s1. The van der Waals surface area contributed by atoms with Gasteiger partial charge in [0, 0.05) is 17.7 Å². The second-order valence-corrected chi connectivity index (χ2v) is 7.47. The first-order chi connectivity index (χ1) is 15.7. The van der Waals surface area contributed by atoms with Crippen LogP contribution in [0.25, 0.3) is 22.3 Å². The molecule has 6 N–H and O–H groups in total. The van der Waals surface area contributed by atoms with Crippen LogP contribution in [0.15, 0.2) is 45.6 Å². The monoisotopic (exact) mass is 462 g/mol. The summed E-state index contributed by atoms with van der Waals surface area (Å²) in [4.78, 5) is 13.3. The third-order valence-electron chi connectivity index (χ3n) is 5.35. The minimum Gasteiger partial charge on any atom is -0.508 e. The van der Waals surface area contributed by atoms with E-state index in [2.05, 4.69) is 0 Å². The lowest BCUT2D eigenvalue weighted by Gasteiger charge is -2.39. The quantitative estimate of drug-likeness (QED) is 0.302. The Kier molecular flexibility index (Phi) is 6.15. The molecule has 11 nitrogen and oxygen atoms in total. The molecule has 1 unspecified atom stereocenters. The highest BCUT2D eigenvalue weighted by molar-refractivity contribution is 5.88. The van der Waals surface area contributed by atoms with E-state index in [1.165, 1.54) is 7.11 Å². The molecular formula is C22H22O11. The molecular weight excluding hydrogens is 440 g/mol. The molecule has 4 rings (SSSR count). The SMILES string of the molecule is COc1ccc(-c2oc3cc(O)cc(O)c3c(=O)c2OC2O[C@H](CO)[C@@H](O)[C@H](O)[C@H]2O)cc1. The minimum absolute atomic E-state index is 0.128. The molecule has 33 heavy (non-hydrogen) atoms. The Morgan fingerprint density at radius 2 is 1.70 bits per heavy atom. The summed E-state index contributed by atoms with van der Waals surface area (Å²) in [5, 5.41) is 59.5. The number of benzene rings is 2. The predicted molar refractivity (Wildman–Crippen MR) is 112 cm³/mol. The molecule has 1 fully saturated rings. The summed E-state index contributed by atoms with van der Waals surface area (Å²) in [6.45, 7) is -0.692. The van der Waals surface area contributed by atoms with Crippen LogP contribution in [0.5, 0.6) is 23.0 Å². The zero-order valence-electron chi connectivity index (χ0n) is 17.3. The number of ether oxygens (including phenoxy) is 3. The number of fused-ring (bicyclic) bond motifs is 1. The van der Waals surface area contributed by atoms with Gasteiger partial charge in [-0.3, -0.25) is 4.79 Å². The molecule has 11 heteroatoms. The van der Waals surface area contributed by atoms with E-state index in [0.29, 0.717) is 11.3 Å². The van der Waals surface area contributed by atoms with Crippen molar-refractivity contribution in [1.29, 1.82) is 0 Å². The lowest BCUT2D eigenvalue weighted by Crippen LogP contribution is -2.60. The average molecular weight is 462 g/mol. The summed E-state index contributed by atoms with van der Waals surface area (Å²) in [6, 6.07) is 8.40. The van der Waals surface area contributed by atoms with Gasteiger partial charge in [-0.1, -0.05) is 0 Å². The van der Waals surface area contributed by atoms with Gasteiger partial charge in [-0.2, -0.15) is 0 Å². The first-order valence-electron chi connectivity index (χ1n) is 9.89. The van der Waals surface area contributed by atoms with E-state index in [4.69, 9.17) is 18.6 Å². The Labute approximate surface area is 186 Å². The number of hydrogen-bond donors (Lipinski definition) is 6. The van der Waals surface area contributed by atoms with Crippen molar-refractivity contribution in [2.75, 3.05) is 13.7 Å². The maximum Gasteiger partial charge on any atom is 0.239 e. The molecule has 176 valence electrons. The summed E-state index contributed by atoms with van der Waals surface area (Å²) in [5.74, 6) is -0.992. The Hall–Kier alpha value is -3.35. The van der Waals surface area contributed by atoms with E-state index < -0.39 is 54.2 Å². The van der Waals surface area contributed by atoms with Gasteiger partial charge < -0.3 is 49.3 Å². The van der Waals surface area contributed by atoms with E-state index in [-0.39, 0.29) is 22.5 Å². The van der Waals surface area contributed by atoms with Crippen LogP contribution in [-0.4, -0.2) is 75.1 Å². The third-order valence-corrected chi connectivity index (χ3v) is 5.35. The molecule has 1 aliphatic rings. The number of hydrogen-bond acceptors (Lipinski definition) is 11. The van der Waals surface area contributed by atoms with Gasteiger partial charge in [-0.05, 0) is 24.3 Å². The number of phenolic OH excluding ortho intramolecular Hbond substituents is 2. The lowest BCUT2D eigenvalue weighted by atomic mass is 9.99. The van der Waals surface area contributed by atoms with Crippen LogP contribution in [0.2, 0.25) is 0 Å². The fourth-order valence-electron chi connectivity index (χ4n) is 3.59. The van der Waals surface area contributed by atoms with Crippen LogP contribution in [0.1, 0.15) is 0 Å². The van der Waals surface area contributed by atoms with Gasteiger partial charge in [0.1, 0.15) is 52.6 Å². The molecule has 1 aliphatic heterocycles. The average Bonchev–Trinajstić information content (AvgIpc) is 2.80. The number of aliphatic hydroxyl groups excluding tert-OH is 4. The van der Waals surface area contributed by atoms with Crippen LogP contribution in [0, 0.1) is 0 Å². The zero-order chi connectivity index (χ0) is 23.9. The molecule has 0 radical (unpaired) electrons. The van der Waals surface area contributed by atoms with Crippen LogP contribution in [-0.2, 0) is 4.74 Å². The number of rotatable bonds is 5. The van der Waals surface area contributed by atoms with Gasteiger partial charge in [-0.25, -0.2) is 0 Å². The number of phenols is 2. The van der Waals surface area contributed by atoms with Crippen molar-refractivity contribution >= 4 is 11.0 Å². The van der Waals surface area contributed by atoms with Gasteiger partial charge in [0.2, 0.25) is 17.5 Å². The van der Waals surface area contributed by atoms with Crippen LogP contribution in [0.3, 0.4) is 0 Å². The Bertz CT molecular complexity index is 1200. The third kappa shape index (κ3) is 4.08. The van der Waals surface area contributed by atoms with Crippen molar-refractivity contribution in [2.24, 2.45) is 0 Å². The van der Waals surface area contributed by atoms with Crippen molar-refractivity contribution in [1.82, 2.24) is 0 Å². The Morgan fingerprint density at radius 3 is 2.33 bits per heavy atom. The minimum atomic E-state index is -1.78. The van der Waals surface area contributed by atoms with Gasteiger partial charge in [0.05, 0.1) is 13.7 Å². The van der Waals surface area contributed by atoms with Gasteiger partial charge >= 0.3 is 0 Å². The van der Waals surface area contributed by atoms with Crippen molar-refractivity contribution < 1.29 is 49.3 Å². The lowest BCUT2D eigenvalue weighted by molar-refractivity contribution is -0.277. The maximum atomic E-state index is 13.3. The van der Waals surface area contributed by atoms with Gasteiger partial charge in [0.15, 0.2) is 5.76 Å². The highest BCUT2D eigenvalue weighted by Crippen LogP contribution is 2.37. The predicted octanol–water partition coefficient (Wildman–Crippen LogP) is 0.0585. The summed E-state index contributed by atoms with van der Waals surface area (Å²) in [7, 11) is 1.48. The van der Waals surface area contributed by atoms with E-state index in [1.54, 1.807) is 24.3 Å². The number of methoxy groups -OCH3 is 1. The molecule has 3 aromatic rings. The molecule has 0 aliphatic carbocycles. The molecule has 2 aromatic carbocycles. The van der Waals surface area contributed by atoms with E-state index in [1.807, 2.05) is 0 Å². The first-order valence-corrected chi connectivity index (χ1v) is 9.89. The van der Waals surface area contributed by atoms with Crippen LogP contribution in [0.4, 0.5) is 0 Å². The Morgan fingerprint density at radius 1 is 1.00 bits per heavy atom. The molecule has 5 atom stereocenters. The van der Waals surface area contributed by atoms with E-state index in [9.17, 15) is 35.4 Å². The Balaban J connectivity index is 1.88. The summed E-state index contributed by atoms with van der Waals surface area (Å²) < 4.78 is 21.9. The highest BCUT2D eigenvalue weighted by atomic mass is 16.7. The fraction of sp³-hybridized carbons (Fsp3) is 0.318. The normalized spacial score (nSPS) is 25.2.